The molecule has 5 nitrogen and oxygen atoms in total. The van der Waals surface area contributed by atoms with Crippen molar-refractivity contribution in [1.29, 1.82) is 0 Å². The normalized spacial score (nSPS) is 10.5. The first-order valence-electron chi connectivity index (χ1n) is 6.62. The Kier molecular flexibility index (Phi) is 4.07. The average molecular weight is 297 g/mol. The summed E-state index contributed by atoms with van der Waals surface area (Å²) in [6, 6.07) is 11.9. The van der Waals surface area contributed by atoms with E-state index in [1.165, 1.54) is 6.33 Å². The van der Waals surface area contributed by atoms with Crippen LogP contribution in [0.2, 0.25) is 0 Å². The molecule has 2 aromatic heterocycles. The van der Waals surface area contributed by atoms with Gasteiger partial charge < -0.3 is 11.1 Å². The van der Waals surface area contributed by atoms with Crippen LogP contribution in [0.25, 0.3) is 10.6 Å². The minimum atomic E-state index is 0.465. The fraction of sp³-hybridized carbons (Fsp3) is 0.133. The molecule has 0 amide bonds. The summed E-state index contributed by atoms with van der Waals surface area (Å²) in [5.74, 6) is 1.20. The van der Waals surface area contributed by atoms with Crippen LogP contribution in [0.3, 0.4) is 0 Å². The Morgan fingerprint density at radius 1 is 1.14 bits per heavy atom. The number of hydrogen-bond donors (Lipinski definition) is 2. The van der Waals surface area contributed by atoms with E-state index in [2.05, 4.69) is 37.8 Å². The van der Waals surface area contributed by atoms with Crippen molar-refractivity contribution < 1.29 is 0 Å². The number of nitrogens with zero attached hydrogens (tertiary/aromatic N) is 3. The van der Waals surface area contributed by atoms with E-state index >= 15 is 0 Å². The quantitative estimate of drug-likeness (QED) is 0.757. The Labute approximate surface area is 126 Å². The van der Waals surface area contributed by atoms with Crippen LogP contribution in [-0.4, -0.2) is 21.5 Å². The third-order valence-corrected chi connectivity index (χ3v) is 3.89. The van der Waals surface area contributed by atoms with Crippen LogP contribution >= 0.6 is 11.3 Å². The summed E-state index contributed by atoms with van der Waals surface area (Å²) in [4.78, 5) is 12.6. The van der Waals surface area contributed by atoms with Gasteiger partial charge in [0, 0.05) is 30.0 Å². The van der Waals surface area contributed by atoms with Gasteiger partial charge in [-0.25, -0.2) is 15.0 Å². The average Bonchev–Trinajstić information content (AvgIpc) is 2.97. The van der Waals surface area contributed by atoms with Gasteiger partial charge in [-0.15, -0.1) is 11.3 Å². The maximum Gasteiger partial charge on any atom is 0.131 e. The Morgan fingerprint density at radius 2 is 2.00 bits per heavy atom. The zero-order valence-electron chi connectivity index (χ0n) is 11.4. The number of nitrogens with one attached hydrogen (secondary N) is 1. The summed E-state index contributed by atoms with van der Waals surface area (Å²) in [6.07, 6.45) is 2.29. The molecule has 1 aromatic carbocycles. The molecule has 3 rings (SSSR count). The van der Waals surface area contributed by atoms with Gasteiger partial charge in [-0.3, -0.25) is 0 Å². The number of nitrogen functional groups attached to an aromatic ring is 1. The van der Waals surface area contributed by atoms with Crippen molar-refractivity contribution in [2.45, 2.75) is 6.42 Å². The highest BCUT2D eigenvalue weighted by molar-refractivity contribution is 7.13. The van der Waals surface area contributed by atoms with Crippen LogP contribution in [0.4, 0.5) is 11.6 Å². The number of benzene rings is 1. The lowest BCUT2D eigenvalue weighted by molar-refractivity contribution is 0.966. The molecule has 6 heteroatoms. The van der Waals surface area contributed by atoms with E-state index < -0.39 is 0 Å². The van der Waals surface area contributed by atoms with Crippen LogP contribution < -0.4 is 11.1 Å². The topological polar surface area (TPSA) is 76.7 Å². The molecule has 21 heavy (non-hydrogen) atoms. The smallest absolute Gasteiger partial charge is 0.131 e. The van der Waals surface area contributed by atoms with E-state index in [0.29, 0.717) is 5.82 Å². The molecule has 106 valence electrons. The molecule has 3 N–H and O–H groups in total. The predicted molar refractivity (Wildman–Crippen MR) is 86.2 cm³/mol. The molecule has 0 saturated heterocycles. The first kappa shape index (κ1) is 13.5. The number of hydrogen-bond acceptors (Lipinski definition) is 6. The lowest BCUT2D eigenvalue weighted by Crippen LogP contribution is -2.07. The van der Waals surface area contributed by atoms with E-state index in [1.54, 1.807) is 17.4 Å². The summed E-state index contributed by atoms with van der Waals surface area (Å²) < 4.78 is 0. The molecule has 0 bridgehead atoms. The second-order valence-corrected chi connectivity index (χ2v) is 5.37. The molecule has 0 radical (unpaired) electrons. The fourth-order valence-electron chi connectivity index (χ4n) is 1.92. The second kappa shape index (κ2) is 6.32. The Bertz CT molecular complexity index is 711. The Hall–Kier alpha value is -2.47. The first-order chi connectivity index (χ1) is 10.3. The summed E-state index contributed by atoms with van der Waals surface area (Å²) in [5.41, 5.74) is 7.84. The van der Waals surface area contributed by atoms with Crippen LogP contribution in [0, 0.1) is 0 Å². The molecule has 0 aliphatic heterocycles. The van der Waals surface area contributed by atoms with Gasteiger partial charge in [0.2, 0.25) is 0 Å². The minimum Gasteiger partial charge on any atom is -0.384 e. The summed E-state index contributed by atoms with van der Waals surface area (Å²) in [7, 11) is 0. The largest absolute Gasteiger partial charge is 0.384 e. The van der Waals surface area contributed by atoms with E-state index in [-0.39, 0.29) is 0 Å². The van der Waals surface area contributed by atoms with Crippen molar-refractivity contribution in [3.05, 3.63) is 53.8 Å². The van der Waals surface area contributed by atoms with E-state index in [0.717, 1.165) is 35.0 Å². The number of anilines is 2. The number of aromatic nitrogens is 3. The predicted octanol–water partition coefficient (Wildman–Crippen LogP) is 2.84. The van der Waals surface area contributed by atoms with Crippen molar-refractivity contribution in [2.24, 2.45) is 0 Å². The van der Waals surface area contributed by atoms with Crippen molar-refractivity contribution in [2.75, 3.05) is 17.6 Å². The summed E-state index contributed by atoms with van der Waals surface area (Å²) in [6.45, 7) is 0.758. The maximum absolute atomic E-state index is 5.61. The number of nitrogens with two attached hydrogens (primary N) is 1. The lowest BCUT2D eigenvalue weighted by atomic mass is 10.2. The molecule has 0 aliphatic rings. The standard InChI is InChI=1S/C15H15N5S/c16-13-8-14(19-10-18-13)17-7-6-12-9-21-15(20-12)11-4-2-1-3-5-11/h1-5,8-10H,6-7H2,(H3,16,17,18,19). The van der Waals surface area contributed by atoms with E-state index in [1.807, 2.05) is 18.2 Å². The van der Waals surface area contributed by atoms with Gasteiger partial charge in [0.25, 0.3) is 0 Å². The monoisotopic (exact) mass is 297 g/mol. The molecule has 2 heterocycles. The third-order valence-electron chi connectivity index (χ3n) is 2.95. The van der Waals surface area contributed by atoms with Crippen LogP contribution in [-0.2, 0) is 6.42 Å². The number of thiazole rings is 1. The van der Waals surface area contributed by atoms with Gasteiger partial charge in [0.1, 0.15) is 23.0 Å². The Balaban J connectivity index is 1.58. The zero-order chi connectivity index (χ0) is 14.5. The lowest BCUT2D eigenvalue weighted by Gasteiger charge is -2.03. The molecule has 3 aromatic rings. The van der Waals surface area contributed by atoms with Crippen LogP contribution in [0.1, 0.15) is 5.69 Å². The van der Waals surface area contributed by atoms with Crippen molar-refractivity contribution >= 4 is 23.0 Å². The second-order valence-electron chi connectivity index (χ2n) is 4.51. The van der Waals surface area contributed by atoms with Gasteiger partial charge in [-0.05, 0) is 0 Å². The van der Waals surface area contributed by atoms with Crippen molar-refractivity contribution in [3.8, 4) is 10.6 Å². The number of rotatable bonds is 5. The highest BCUT2D eigenvalue weighted by Gasteiger charge is 2.04. The molecule has 0 spiro atoms. The zero-order valence-corrected chi connectivity index (χ0v) is 12.2. The van der Waals surface area contributed by atoms with Crippen LogP contribution in [0.15, 0.2) is 48.1 Å². The van der Waals surface area contributed by atoms with E-state index in [4.69, 9.17) is 5.73 Å². The minimum absolute atomic E-state index is 0.465. The van der Waals surface area contributed by atoms with Crippen LogP contribution in [0.5, 0.6) is 0 Å². The van der Waals surface area contributed by atoms with E-state index in [9.17, 15) is 0 Å². The first-order valence-corrected chi connectivity index (χ1v) is 7.50. The van der Waals surface area contributed by atoms with Crippen molar-refractivity contribution in [3.63, 3.8) is 0 Å². The third kappa shape index (κ3) is 3.55. The molecule has 0 aliphatic carbocycles. The van der Waals surface area contributed by atoms with Gasteiger partial charge >= 0.3 is 0 Å². The summed E-state index contributed by atoms with van der Waals surface area (Å²) in [5, 5.41) is 6.36. The summed E-state index contributed by atoms with van der Waals surface area (Å²) >= 11 is 1.67. The SMILES string of the molecule is Nc1cc(NCCc2csc(-c3ccccc3)n2)ncn1. The van der Waals surface area contributed by atoms with Gasteiger partial charge in [0.05, 0.1) is 5.69 Å². The molecular weight excluding hydrogens is 282 g/mol. The molecule has 0 atom stereocenters. The van der Waals surface area contributed by atoms with Crippen molar-refractivity contribution in [1.82, 2.24) is 15.0 Å². The maximum atomic E-state index is 5.61. The fourth-order valence-corrected chi connectivity index (χ4v) is 2.78. The molecule has 0 saturated carbocycles. The highest BCUT2D eigenvalue weighted by atomic mass is 32.1. The van der Waals surface area contributed by atoms with Gasteiger partial charge in [0.15, 0.2) is 0 Å². The van der Waals surface area contributed by atoms with Gasteiger partial charge in [-0.1, -0.05) is 30.3 Å². The highest BCUT2D eigenvalue weighted by Crippen LogP contribution is 2.23. The molecule has 0 fully saturated rings. The van der Waals surface area contributed by atoms with Gasteiger partial charge in [-0.2, -0.15) is 0 Å². The Morgan fingerprint density at radius 3 is 2.81 bits per heavy atom. The molecule has 0 unspecified atom stereocenters. The molecular formula is C15H15N5S.